The van der Waals surface area contributed by atoms with Crippen LogP contribution in [0.2, 0.25) is 0 Å². The molecule has 4 nitrogen and oxygen atoms in total. The van der Waals surface area contributed by atoms with Crippen molar-refractivity contribution < 1.29 is 71.5 Å². The number of carbonyl (C=O) groups is 1. The van der Waals surface area contributed by atoms with Crippen LogP contribution in [-0.2, 0) is 0 Å². The minimum atomic E-state index is -1.52. The molecular formula is C12H9KO4. The van der Waals surface area contributed by atoms with Gasteiger partial charge in [0.2, 0.25) is 0 Å². The molecule has 0 radical (unpaired) electrons. The van der Waals surface area contributed by atoms with Crippen molar-refractivity contribution in [3.05, 3.63) is 35.4 Å². The molecule has 0 aliphatic rings. The van der Waals surface area contributed by atoms with Gasteiger partial charge in [-0.05, 0) is 18.6 Å². The Morgan fingerprint density at radius 2 is 1.94 bits per heavy atom. The van der Waals surface area contributed by atoms with Crippen molar-refractivity contribution in [2.75, 3.05) is 0 Å². The third-order valence-corrected chi connectivity index (χ3v) is 2.54. The van der Waals surface area contributed by atoms with Crippen molar-refractivity contribution in [2.24, 2.45) is 0 Å². The summed E-state index contributed by atoms with van der Waals surface area (Å²) in [5, 5.41) is 30.9. The number of carbonyl (C=O) groups excluding carboxylic acids is 1. The molecule has 2 rings (SSSR count). The zero-order valence-electron chi connectivity index (χ0n) is 9.52. The fourth-order valence-electron chi connectivity index (χ4n) is 1.78. The van der Waals surface area contributed by atoms with Crippen LogP contribution in [0, 0.1) is 6.92 Å². The molecule has 0 saturated carbocycles. The van der Waals surface area contributed by atoms with Crippen molar-refractivity contribution in [3.8, 4) is 11.5 Å². The first-order chi connectivity index (χ1) is 7.52. The quantitative estimate of drug-likeness (QED) is 0.453. The van der Waals surface area contributed by atoms with Crippen LogP contribution in [0.15, 0.2) is 24.3 Å². The van der Waals surface area contributed by atoms with E-state index in [1.54, 1.807) is 25.1 Å². The van der Waals surface area contributed by atoms with Crippen LogP contribution < -0.4 is 56.5 Å². The third-order valence-electron chi connectivity index (χ3n) is 2.54. The number of phenolic OH excluding ortho intramolecular Hbond substituents is 1. The maximum absolute atomic E-state index is 10.7. The average molecular weight is 256 g/mol. The molecule has 0 aliphatic carbocycles. The summed E-state index contributed by atoms with van der Waals surface area (Å²) in [6, 6.07) is 5.99. The van der Waals surface area contributed by atoms with Crippen molar-refractivity contribution in [3.63, 3.8) is 0 Å². The monoisotopic (exact) mass is 256 g/mol. The van der Waals surface area contributed by atoms with E-state index in [9.17, 15) is 20.1 Å². The summed E-state index contributed by atoms with van der Waals surface area (Å²) in [5.74, 6) is -2.07. The predicted molar refractivity (Wildman–Crippen MR) is 56.3 cm³/mol. The zero-order chi connectivity index (χ0) is 11.9. The number of carboxylic acid groups (broad SMARTS) is 1. The third kappa shape index (κ3) is 2.48. The Labute approximate surface area is 140 Å². The molecule has 2 aromatic rings. The normalized spacial score (nSPS) is 9.94. The second-order valence-electron chi connectivity index (χ2n) is 3.58. The van der Waals surface area contributed by atoms with Crippen molar-refractivity contribution in [2.45, 2.75) is 6.92 Å². The van der Waals surface area contributed by atoms with E-state index in [0.29, 0.717) is 10.8 Å². The van der Waals surface area contributed by atoms with Crippen LogP contribution in [0.3, 0.4) is 0 Å². The van der Waals surface area contributed by atoms with E-state index in [1.807, 2.05) is 0 Å². The average Bonchev–Trinajstić information content (AvgIpc) is 2.22. The van der Waals surface area contributed by atoms with Crippen LogP contribution >= 0.6 is 0 Å². The van der Waals surface area contributed by atoms with Crippen LogP contribution in [0.5, 0.6) is 11.5 Å². The molecule has 2 N–H and O–H groups in total. The zero-order valence-corrected chi connectivity index (χ0v) is 12.6. The van der Waals surface area contributed by atoms with Gasteiger partial charge in [0.15, 0.2) is 0 Å². The van der Waals surface area contributed by atoms with Crippen molar-refractivity contribution in [1.29, 1.82) is 0 Å². The minimum absolute atomic E-state index is 0. The Hall–Kier alpha value is -0.594. The van der Waals surface area contributed by atoms with Gasteiger partial charge < -0.3 is 20.1 Å². The summed E-state index contributed by atoms with van der Waals surface area (Å²) in [4.78, 5) is 10.7. The molecule has 0 bridgehead atoms. The fraction of sp³-hybridized carbons (Fsp3) is 0.0833. The number of aromatic carboxylic acids is 1. The molecular weight excluding hydrogens is 247 g/mol. The van der Waals surface area contributed by atoms with Crippen LogP contribution in [0.1, 0.15) is 15.9 Å². The van der Waals surface area contributed by atoms with E-state index in [-0.39, 0.29) is 62.9 Å². The van der Waals surface area contributed by atoms with Gasteiger partial charge in [0.1, 0.15) is 11.5 Å². The van der Waals surface area contributed by atoms with Crippen molar-refractivity contribution in [1.82, 2.24) is 0 Å². The molecule has 0 saturated heterocycles. The Morgan fingerprint density at radius 1 is 1.29 bits per heavy atom. The Balaban J connectivity index is 0.00000144. The summed E-state index contributed by atoms with van der Waals surface area (Å²) >= 11 is 0. The summed E-state index contributed by atoms with van der Waals surface area (Å²) in [6.45, 7) is 1.76. The summed E-state index contributed by atoms with van der Waals surface area (Å²) in [6.07, 6.45) is 0. The fourth-order valence-corrected chi connectivity index (χ4v) is 1.78. The smallest absolute Gasteiger partial charge is 0.545 e. The van der Waals surface area contributed by atoms with Gasteiger partial charge >= 0.3 is 51.4 Å². The molecule has 0 spiro atoms. The van der Waals surface area contributed by atoms with Gasteiger partial charge in [0, 0.05) is 16.3 Å². The van der Waals surface area contributed by atoms with E-state index >= 15 is 0 Å². The number of rotatable bonds is 1. The second kappa shape index (κ2) is 5.37. The Kier molecular flexibility index (Phi) is 4.57. The standard InChI is InChI=1S/C12H10O4.K/c1-6-3-2-4-7-10(6)9(13)5-8(11(7)14)12(15)16;/h2-5,13-14H,1H3,(H,15,16);/q;+1/p-1. The first-order valence-electron chi connectivity index (χ1n) is 4.68. The van der Waals surface area contributed by atoms with Crippen molar-refractivity contribution >= 4 is 16.7 Å². The summed E-state index contributed by atoms with van der Waals surface area (Å²) in [7, 11) is 0. The number of hydrogen-bond acceptors (Lipinski definition) is 4. The molecule has 0 atom stereocenters. The van der Waals surface area contributed by atoms with Gasteiger partial charge in [-0.2, -0.15) is 0 Å². The number of hydrogen-bond donors (Lipinski definition) is 2. The number of aryl methyl sites for hydroxylation is 1. The molecule has 0 heterocycles. The van der Waals surface area contributed by atoms with Crippen LogP contribution in [-0.4, -0.2) is 16.2 Å². The first kappa shape index (κ1) is 14.5. The first-order valence-corrected chi connectivity index (χ1v) is 4.68. The molecule has 0 fully saturated rings. The van der Waals surface area contributed by atoms with Gasteiger partial charge in [-0.1, -0.05) is 18.2 Å². The molecule has 17 heavy (non-hydrogen) atoms. The molecule has 0 unspecified atom stereocenters. The number of aromatic hydroxyl groups is 2. The largest absolute Gasteiger partial charge is 1.00 e. The molecule has 0 aliphatic heterocycles. The topological polar surface area (TPSA) is 80.6 Å². The SMILES string of the molecule is Cc1cccc2c(O)c(C(=O)[O-])cc(O)c12.[K+]. The van der Waals surface area contributed by atoms with E-state index in [4.69, 9.17) is 0 Å². The Morgan fingerprint density at radius 3 is 2.53 bits per heavy atom. The van der Waals surface area contributed by atoms with Gasteiger partial charge in [-0.15, -0.1) is 0 Å². The van der Waals surface area contributed by atoms with E-state index < -0.39 is 11.5 Å². The van der Waals surface area contributed by atoms with E-state index in [1.165, 1.54) is 0 Å². The predicted octanol–water partition coefficient (Wildman–Crippen LogP) is -2.07. The van der Waals surface area contributed by atoms with Gasteiger partial charge in [0.25, 0.3) is 0 Å². The minimum Gasteiger partial charge on any atom is -0.545 e. The molecule has 0 aromatic heterocycles. The summed E-state index contributed by atoms with van der Waals surface area (Å²) in [5.41, 5.74) is 0.353. The molecule has 0 amide bonds. The molecule has 82 valence electrons. The van der Waals surface area contributed by atoms with Gasteiger partial charge in [-0.25, -0.2) is 0 Å². The molecule has 5 heteroatoms. The number of carboxylic acids is 1. The second-order valence-corrected chi connectivity index (χ2v) is 3.58. The maximum atomic E-state index is 10.7. The van der Waals surface area contributed by atoms with Crippen LogP contribution in [0.4, 0.5) is 0 Å². The van der Waals surface area contributed by atoms with E-state index in [0.717, 1.165) is 11.6 Å². The molecule has 2 aromatic carbocycles. The maximum Gasteiger partial charge on any atom is 1.00 e. The Bertz CT molecular complexity index is 593. The number of benzene rings is 2. The summed E-state index contributed by atoms with van der Waals surface area (Å²) < 4.78 is 0. The number of phenols is 2. The van der Waals surface area contributed by atoms with Crippen LogP contribution in [0.25, 0.3) is 10.8 Å². The van der Waals surface area contributed by atoms with Gasteiger partial charge in [-0.3, -0.25) is 0 Å². The van der Waals surface area contributed by atoms with Gasteiger partial charge in [0.05, 0.1) is 5.97 Å². The van der Waals surface area contributed by atoms with E-state index in [2.05, 4.69) is 0 Å². The number of fused-ring (bicyclic) bond motifs is 1.